The first kappa shape index (κ1) is 21.4. The summed E-state index contributed by atoms with van der Waals surface area (Å²) in [5, 5.41) is 17.8. The number of carbonyl (C=O) groups is 1. The van der Waals surface area contributed by atoms with E-state index in [0.717, 1.165) is 5.56 Å². The summed E-state index contributed by atoms with van der Waals surface area (Å²) in [5.41, 5.74) is 2.68. The molecule has 1 amide bonds. The molecule has 1 aliphatic rings. The molecule has 3 aromatic rings. The highest BCUT2D eigenvalue weighted by Gasteiger charge is 2.35. The van der Waals surface area contributed by atoms with Crippen LogP contribution < -0.4 is 0 Å². The van der Waals surface area contributed by atoms with Crippen molar-refractivity contribution in [1.29, 1.82) is 0 Å². The highest BCUT2D eigenvalue weighted by molar-refractivity contribution is 7.91. The van der Waals surface area contributed by atoms with Gasteiger partial charge in [0.25, 0.3) is 5.91 Å². The van der Waals surface area contributed by atoms with Crippen LogP contribution in [0.4, 0.5) is 0 Å². The average molecular weight is 460 g/mol. The van der Waals surface area contributed by atoms with E-state index >= 15 is 0 Å². The van der Waals surface area contributed by atoms with Gasteiger partial charge < -0.3 is 10.0 Å². The van der Waals surface area contributed by atoms with Crippen LogP contribution in [0.15, 0.2) is 48.5 Å². The van der Waals surface area contributed by atoms with Crippen LogP contribution in [0, 0.1) is 6.92 Å². The third kappa shape index (κ3) is 4.60. The van der Waals surface area contributed by atoms with Crippen molar-refractivity contribution in [2.45, 2.75) is 25.9 Å². The van der Waals surface area contributed by atoms with Gasteiger partial charge in [-0.15, -0.1) is 0 Å². The molecule has 0 saturated carbocycles. The van der Waals surface area contributed by atoms with Crippen molar-refractivity contribution in [3.8, 4) is 17.0 Å². The zero-order chi connectivity index (χ0) is 22.2. The number of para-hydroxylation sites is 1. The molecule has 31 heavy (non-hydrogen) atoms. The number of benzene rings is 2. The number of aromatic hydroxyl groups is 1. The Hall–Kier alpha value is -2.84. The van der Waals surface area contributed by atoms with Crippen molar-refractivity contribution in [1.82, 2.24) is 15.1 Å². The lowest BCUT2D eigenvalue weighted by Crippen LogP contribution is -2.40. The summed E-state index contributed by atoms with van der Waals surface area (Å²) in [6.45, 7) is 2.01. The third-order valence-corrected chi connectivity index (χ3v) is 7.46. The number of aryl methyl sites for hydroxylation is 1. The van der Waals surface area contributed by atoms with Gasteiger partial charge in [-0.2, -0.15) is 5.10 Å². The molecule has 1 saturated heterocycles. The number of phenols is 1. The second-order valence-electron chi connectivity index (χ2n) is 7.76. The molecule has 0 radical (unpaired) electrons. The number of phenolic OH excluding ortho intramolecular Hbond substituents is 1. The molecule has 1 atom stereocenters. The highest BCUT2D eigenvalue weighted by Crippen LogP contribution is 2.31. The smallest absolute Gasteiger partial charge is 0.272 e. The van der Waals surface area contributed by atoms with Gasteiger partial charge in [0.15, 0.2) is 9.84 Å². The highest BCUT2D eigenvalue weighted by atomic mass is 35.5. The van der Waals surface area contributed by atoms with Crippen molar-refractivity contribution in [3.63, 3.8) is 0 Å². The van der Waals surface area contributed by atoms with E-state index in [9.17, 15) is 18.3 Å². The number of H-pyrrole nitrogens is 1. The quantitative estimate of drug-likeness (QED) is 0.607. The Morgan fingerprint density at radius 1 is 1.26 bits per heavy atom. The van der Waals surface area contributed by atoms with Crippen LogP contribution in [-0.2, 0) is 16.4 Å². The van der Waals surface area contributed by atoms with Gasteiger partial charge in [-0.25, -0.2) is 8.42 Å². The first-order valence-electron chi connectivity index (χ1n) is 9.84. The van der Waals surface area contributed by atoms with Gasteiger partial charge in [0.2, 0.25) is 0 Å². The zero-order valence-corrected chi connectivity index (χ0v) is 18.4. The van der Waals surface area contributed by atoms with Crippen LogP contribution in [-0.4, -0.2) is 52.1 Å². The Balaban J connectivity index is 1.66. The van der Waals surface area contributed by atoms with Gasteiger partial charge >= 0.3 is 0 Å². The van der Waals surface area contributed by atoms with E-state index in [1.807, 2.05) is 6.07 Å². The van der Waals surface area contributed by atoms with E-state index in [1.165, 1.54) is 0 Å². The number of amides is 1. The van der Waals surface area contributed by atoms with Crippen LogP contribution in [0.3, 0.4) is 0 Å². The van der Waals surface area contributed by atoms with Crippen LogP contribution in [0.1, 0.15) is 28.0 Å². The Labute approximate surface area is 185 Å². The van der Waals surface area contributed by atoms with Crippen molar-refractivity contribution < 1.29 is 18.3 Å². The summed E-state index contributed by atoms with van der Waals surface area (Å²) < 4.78 is 24.1. The fraction of sp³-hybridized carbons (Fsp3) is 0.273. The number of nitrogens with zero attached hydrogens (tertiary/aromatic N) is 2. The molecule has 0 aliphatic carbocycles. The van der Waals surface area contributed by atoms with Crippen molar-refractivity contribution >= 4 is 27.3 Å². The third-order valence-electron chi connectivity index (χ3n) is 5.47. The maximum Gasteiger partial charge on any atom is 0.272 e. The summed E-state index contributed by atoms with van der Waals surface area (Å²) in [4.78, 5) is 15.0. The summed E-state index contributed by atoms with van der Waals surface area (Å²) in [6.07, 6.45) is 0.383. The maximum atomic E-state index is 13.4. The number of halogens is 1. The first-order chi connectivity index (χ1) is 14.7. The lowest BCUT2D eigenvalue weighted by molar-refractivity contribution is 0.0675. The Bertz CT molecular complexity index is 1240. The molecule has 2 aromatic carbocycles. The number of hydrogen-bond donors (Lipinski definition) is 2. The minimum Gasteiger partial charge on any atom is -0.507 e. The Morgan fingerprint density at radius 2 is 2.03 bits per heavy atom. The van der Waals surface area contributed by atoms with E-state index in [-0.39, 0.29) is 35.4 Å². The molecule has 1 fully saturated rings. The molecule has 1 aliphatic heterocycles. The predicted octanol–water partition coefficient (Wildman–Crippen LogP) is 3.57. The lowest BCUT2D eigenvalue weighted by atomic mass is 10.1. The molecule has 1 unspecified atom stereocenters. The number of aromatic nitrogens is 2. The lowest BCUT2D eigenvalue weighted by Gasteiger charge is -2.28. The van der Waals surface area contributed by atoms with Crippen LogP contribution in [0.5, 0.6) is 5.75 Å². The van der Waals surface area contributed by atoms with Gasteiger partial charge in [0, 0.05) is 23.2 Å². The molecule has 162 valence electrons. The van der Waals surface area contributed by atoms with Crippen molar-refractivity contribution in [3.05, 3.63) is 70.4 Å². The number of hydrogen-bond acceptors (Lipinski definition) is 5. The summed E-state index contributed by atoms with van der Waals surface area (Å²) in [7, 11) is -3.18. The largest absolute Gasteiger partial charge is 0.507 e. The van der Waals surface area contributed by atoms with Gasteiger partial charge in [0.1, 0.15) is 11.4 Å². The number of nitrogens with one attached hydrogen (secondary N) is 1. The van der Waals surface area contributed by atoms with Crippen LogP contribution in [0.25, 0.3) is 11.3 Å². The van der Waals surface area contributed by atoms with Crippen molar-refractivity contribution in [2.75, 3.05) is 11.5 Å². The van der Waals surface area contributed by atoms with Gasteiger partial charge in [-0.05, 0) is 48.7 Å². The molecular formula is C22H22ClN3O4S. The minimum absolute atomic E-state index is 0.0579. The van der Waals surface area contributed by atoms with Crippen molar-refractivity contribution in [2.24, 2.45) is 0 Å². The van der Waals surface area contributed by atoms with Gasteiger partial charge in [-0.3, -0.25) is 9.89 Å². The van der Waals surface area contributed by atoms with E-state index in [2.05, 4.69) is 10.2 Å². The number of carbonyl (C=O) groups excluding carboxylic acids is 1. The SMILES string of the molecule is Cc1cccc(-c2cc(C(=O)N(Cc3cccc(Cl)c3)C3CCS(=O)(=O)C3)[nH]n2)c1O. The monoisotopic (exact) mass is 459 g/mol. The Kier molecular flexibility index (Phi) is 5.77. The molecule has 2 N–H and O–H groups in total. The van der Waals surface area contributed by atoms with E-state index < -0.39 is 15.9 Å². The van der Waals surface area contributed by atoms with E-state index in [1.54, 1.807) is 54.3 Å². The topological polar surface area (TPSA) is 103 Å². The summed E-state index contributed by atoms with van der Waals surface area (Å²) >= 11 is 6.09. The zero-order valence-electron chi connectivity index (χ0n) is 16.9. The van der Waals surface area contributed by atoms with Crippen LogP contribution >= 0.6 is 11.6 Å². The normalized spacial score (nSPS) is 17.5. The van der Waals surface area contributed by atoms with E-state index in [0.29, 0.717) is 28.3 Å². The fourth-order valence-electron chi connectivity index (χ4n) is 3.81. The molecule has 0 bridgehead atoms. The molecule has 2 heterocycles. The average Bonchev–Trinajstić information content (AvgIpc) is 3.34. The second-order valence-corrected chi connectivity index (χ2v) is 10.4. The maximum absolute atomic E-state index is 13.4. The van der Waals surface area contributed by atoms with Crippen LogP contribution in [0.2, 0.25) is 5.02 Å². The number of rotatable bonds is 5. The fourth-order valence-corrected chi connectivity index (χ4v) is 5.75. The molecule has 7 nitrogen and oxygen atoms in total. The molecular weight excluding hydrogens is 438 g/mol. The van der Waals surface area contributed by atoms with Gasteiger partial charge in [-0.1, -0.05) is 35.9 Å². The minimum atomic E-state index is -3.18. The molecule has 4 rings (SSSR count). The molecule has 0 spiro atoms. The number of sulfone groups is 1. The summed E-state index contributed by atoms with van der Waals surface area (Å²) in [6, 6.07) is 13.6. The molecule has 1 aromatic heterocycles. The van der Waals surface area contributed by atoms with Gasteiger partial charge in [0.05, 0.1) is 17.2 Å². The standard InChI is InChI=1S/C22H22ClN3O4S/c1-14-4-2-7-18(21(14)27)19-11-20(25-24-19)22(28)26(17-8-9-31(29,30)13-17)12-15-5-3-6-16(23)10-15/h2-7,10-11,17,27H,8-9,12-13H2,1H3,(H,24,25). The first-order valence-corrected chi connectivity index (χ1v) is 12.0. The Morgan fingerprint density at radius 3 is 2.74 bits per heavy atom. The second kappa shape index (κ2) is 8.36. The number of aromatic amines is 1. The molecule has 9 heteroatoms. The summed E-state index contributed by atoms with van der Waals surface area (Å²) in [5.74, 6) is -0.264. The van der Waals surface area contributed by atoms with E-state index in [4.69, 9.17) is 11.6 Å². The predicted molar refractivity (Wildman–Crippen MR) is 119 cm³/mol.